The minimum Gasteiger partial charge on any atom is -0.492 e. The number of thioether (sulfide) groups is 1. The second kappa shape index (κ2) is 9.27. The van der Waals surface area contributed by atoms with Crippen molar-refractivity contribution in [3.63, 3.8) is 0 Å². The first kappa shape index (κ1) is 22.3. The third-order valence-electron chi connectivity index (χ3n) is 5.12. The number of nitrogens with zero attached hydrogens (tertiary/aromatic N) is 2. The van der Waals surface area contributed by atoms with E-state index in [1.165, 1.54) is 11.4 Å². The fraction of sp³-hybridized carbons (Fsp3) is 0.227. The molecule has 0 aliphatic carbocycles. The van der Waals surface area contributed by atoms with Crippen LogP contribution in [-0.4, -0.2) is 54.3 Å². The van der Waals surface area contributed by atoms with Crippen LogP contribution in [0.5, 0.6) is 5.75 Å². The quantitative estimate of drug-likeness (QED) is 0.538. The van der Waals surface area contributed by atoms with E-state index in [0.29, 0.717) is 17.6 Å². The number of aromatic nitrogens is 1. The Morgan fingerprint density at radius 3 is 2.62 bits per heavy atom. The smallest absolute Gasteiger partial charge is 0.286 e. The zero-order valence-corrected chi connectivity index (χ0v) is 18.9. The summed E-state index contributed by atoms with van der Waals surface area (Å²) in [7, 11) is -2.17. The van der Waals surface area contributed by atoms with E-state index in [0.717, 1.165) is 22.7 Å². The van der Waals surface area contributed by atoms with E-state index in [-0.39, 0.29) is 29.2 Å². The van der Waals surface area contributed by atoms with Crippen LogP contribution >= 0.6 is 11.8 Å². The van der Waals surface area contributed by atoms with Gasteiger partial charge in [-0.3, -0.25) is 19.9 Å². The van der Waals surface area contributed by atoms with Gasteiger partial charge in [-0.25, -0.2) is 8.42 Å². The lowest BCUT2D eigenvalue weighted by Crippen LogP contribution is -2.31. The molecule has 2 heterocycles. The van der Waals surface area contributed by atoms with E-state index in [1.54, 1.807) is 42.7 Å². The lowest BCUT2D eigenvalue weighted by molar-refractivity contribution is -0.118. The van der Waals surface area contributed by atoms with Crippen molar-refractivity contribution in [2.75, 3.05) is 20.2 Å². The molecule has 1 fully saturated rings. The van der Waals surface area contributed by atoms with Gasteiger partial charge in [-0.1, -0.05) is 36.0 Å². The Morgan fingerprint density at radius 1 is 1.12 bits per heavy atom. The Kier molecular flexibility index (Phi) is 6.45. The number of sulfonamides is 1. The molecule has 0 radical (unpaired) electrons. The van der Waals surface area contributed by atoms with Crippen molar-refractivity contribution in [3.8, 4) is 5.75 Å². The largest absolute Gasteiger partial charge is 0.492 e. The van der Waals surface area contributed by atoms with Crippen LogP contribution in [0.2, 0.25) is 0 Å². The van der Waals surface area contributed by atoms with Gasteiger partial charge in [0.25, 0.3) is 5.24 Å². The van der Waals surface area contributed by atoms with Gasteiger partial charge in [0.15, 0.2) is 0 Å². The highest BCUT2D eigenvalue weighted by Crippen LogP contribution is 2.25. The molecular weight excluding hydrogens is 450 g/mol. The molecule has 8 nitrogen and oxygen atoms in total. The van der Waals surface area contributed by atoms with Gasteiger partial charge >= 0.3 is 0 Å². The van der Waals surface area contributed by atoms with Gasteiger partial charge < -0.3 is 4.74 Å². The van der Waals surface area contributed by atoms with Crippen molar-refractivity contribution >= 4 is 43.7 Å². The molecule has 2 amide bonds. The number of likely N-dealkylation sites (N-methyl/N-ethyl adjacent to an activating group) is 1. The second-order valence-electron chi connectivity index (χ2n) is 7.26. The van der Waals surface area contributed by atoms with Crippen molar-refractivity contribution in [2.45, 2.75) is 16.6 Å². The first-order valence-electron chi connectivity index (χ1n) is 9.87. The molecule has 166 valence electrons. The summed E-state index contributed by atoms with van der Waals surface area (Å²) in [4.78, 5) is 27.2. The number of hydrogen-bond acceptors (Lipinski definition) is 7. The van der Waals surface area contributed by atoms with E-state index < -0.39 is 15.3 Å². The van der Waals surface area contributed by atoms with Gasteiger partial charge in [0.2, 0.25) is 15.9 Å². The number of benzene rings is 2. The Hall–Kier alpha value is -2.95. The lowest BCUT2D eigenvalue weighted by Gasteiger charge is -2.18. The molecule has 32 heavy (non-hydrogen) atoms. The standard InChI is InChI=1S/C22H21N3O5S2/c1-25(32(28,29)20-4-2-3-16-14-23-10-9-18(16)20)11-12-30-17-7-5-15(6-8-17)13-19-21(26)24-22(27)31-19/h2-10,14,19H,11-13H2,1H3,(H,24,26,27). The molecule has 1 N–H and O–H groups in total. The van der Waals surface area contributed by atoms with Gasteiger partial charge in [0.05, 0.1) is 10.1 Å². The van der Waals surface area contributed by atoms with E-state index in [4.69, 9.17) is 4.74 Å². The number of carbonyl (C=O) groups is 2. The molecular formula is C22H21N3O5S2. The van der Waals surface area contributed by atoms with Crippen LogP contribution < -0.4 is 10.1 Å². The predicted molar refractivity (Wildman–Crippen MR) is 122 cm³/mol. The maximum atomic E-state index is 13.0. The zero-order valence-electron chi connectivity index (χ0n) is 17.2. The fourth-order valence-corrected chi connectivity index (χ4v) is 5.59. The molecule has 1 aliphatic heterocycles. The highest BCUT2D eigenvalue weighted by atomic mass is 32.2. The van der Waals surface area contributed by atoms with Crippen molar-refractivity contribution in [1.29, 1.82) is 0 Å². The molecule has 1 aromatic heterocycles. The predicted octanol–water partition coefficient (Wildman–Crippen LogP) is 2.83. The Balaban J connectivity index is 1.34. The number of fused-ring (bicyclic) bond motifs is 1. The van der Waals surface area contributed by atoms with Gasteiger partial charge in [-0.05, 0) is 36.2 Å². The summed E-state index contributed by atoms with van der Waals surface area (Å²) in [6.45, 7) is 0.351. The maximum absolute atomic E-state index is 13.0. The van der Waals surface area contributed by atoms with Crippen LogP contribution in [0, 0.1) is 0 Å². The summed E-state index contributed by atoms with van der Waals surface area (Å²) in [6, 6.07) is 14.0. The molecule has 1 saturated heterocycles. The molecule has 0 bridgehead atoms. The van der Waals surface area contributed by atoms with Gasteiger partial charge in [-0.15, -0.1) is 0 Å². The highest BCUT2D eigenvalue weighted by Gasteiger charge is 2.31. The Labute approximate surface area is 190 Å². The molecule has 10 heteroatoms. The maximum Gasteiger partial charge on any atom is 0.286 e. The summed E-state index contributed by atoms with van der Waals surface area (Å²) in [6.07, 6.45) is 3.66. The van der Waals surface area contributed by atoms with Crippen LogP contribution in [-0.2, 0) is 21.2 Å². The zero-order chi connectivity index (χ0) is 22.7. The average molecular weight is 472 g/mol. The van der Waals surface area contributed by atoms with Crippen molar-refractivity contribution in [2.24, 2.45) is 0 Å². The number of amides is 2. The molecule has 0 spiro atoms. The lowest BCUT2D eigenvalue weighted by atomic mass is 10.1. The third kappa shape index (κ3) is 4.77. The number of imide groups is 1. The SMILES string of the molecule is CN(CCOc1ccc(CC2SC(=O)NC2=O)cc1)S(=O)(=O)c1cccc2cnccc12. The highest BCUT2D eigenvalue weighted by molar-refractivity contribution is 8.15. The van der Waals surface area contributed by atoms with E-state index >= 15 is 0 Å². The van der Waals surface area contributed by atoms with Crippen molar-refractivity contribution in [3.05, 3.63) is 66.5 Å². The second-order valence-corrected chi connectivity index (χ2v) is 10.4. The number of carbonyl (C=O) groups excluding carboxylic acids is 2. The first-order chi connectivity index (χ1) is 15.3. The Bertz CT molecular complexity index is 1260. The number of rotatable bonds is 8. The fourth-order valence-electron chi connectivity index (χ4n) is 3.36. The first-order valence-corrected chi connectivity index (χ1v) is 12.2. The summed E-state index contributed by atoms with van der Waals surface area (Å²) < 4.78 is 33.0. The third-order valence-corrected chi connectivity index (χ3v) is 8.01. The summed E-state index contributed by atoms with van der Waals surface area (Å²) in [5.41, 5.74) is 0.907. The summed E-state index contributed by atoms with van der Waals surface area (Å²) in [5.74, 6) is 0.322. The van der Waals surface area contributed by atoms with Gasteiger partial charge in [-0.2, -0.15) is 4.31 Å². The van der Waals surface area contributed by atoms with Crippen molar-refractivity contribution in [1.82, 2.24) is 14.6 Å². The van der Waals surface area contributed by atoms with Gasteiger partial charge in [0.1, 0.15) is 12.4 Å². The molecule has 2 aromatic carbocycles. The average Bonchev–Trinajstić information content (AvgIpc) is 3.10. The van der Waals surface area contributed by atoms with E-state index in [9.17, 15) is 18.0 Å². The normalized spacial score (nSPS) is 16.5. The summed E-state index contributed by atoms with van der Waals surface area (Å²) in [5, 5.41) is 2.92. The van der Waals surface area contributed by atoms with E-state index in [1.807, 2.05) is 18.2 Å². The van der Waals surface area contributed by atoms with Crippen molar-refractivity contribution < 1.29 is 22.7 Å². The molecule has 0 saturated carbocycles. The number of pyridine rings is 1. The number of ether oxygens (including phenoxy) is 1. The topological polar surface area (TPSA) is 106 Å². The summed E-state index contributed by atoms with van der Waals surface area (Å²) >= 11 is 0.994. The molecule has 4 rings (SSSR count). The monoisotopic (exact) mass is 471 g/mol. The molecule has 1 unspecified atom stereocenters. The number of hydrogen-bond donors (Lipinski definition) is 1. The molecule has 1 atom stereocenters. The molecule has 1 aliphatic rings. The van der Waals surface area contributed by atoms with Gasteiger partial charge in [0, 0.05) is 36.8 Å². The van der Waals surface area contributed by atoms with Crippen LogP contribution in [0.4, 0.5) is 4.79 Å². The minimum absolute atomic E-state index is 0.173. The number of nitrogens with one attached hydrogen (secondary N) is 1. The van der Waals surface area contributed by atoms with Crippen LogP contribution in [0.1, 0.15) is 5.56 Å². The van der Waals surface area contributed by atoms with Crippen LogP contribution in [0.15, 0.2) is 65.8 Å². The Morgan fingerprint density at radius 2 is 1.91 bits per heavy atom. The van der Waals surface area contributed by atoms with Crippen LogP contribution in [0.3, 0.4) is 0 Å². The van der Waals surface area contributed by atoms with E-state index in [2.05, 4.69) is 10.3 Å². The minimum atomic E-state index is -3.69. The molecule has 3 aromatic rings. The van der Waals surface area contributed by atoms with Crippen LogP contribution in [0.25, 0.3) is 10.8 Å².